The third kappa shape index (κ3) is 1.97. The molecule has 0 N–H and O–H groups in total. The summed E-state index contributed by atoms with van der Waals surface area (Å²) in [4.78, 5) is 28.7. The van der Waals surface area contributed by atoms with Crippen LogP contribution in [0.2, 0.25) is 0 Å². The lowest BCUT2D eigenvalue weighted by molar-refractivity contribution is 0.101. The Kier molecular flexibility index (Phi) is 2.87. The van der Waals surface area contributed by atoms with Crippen molar-refractivity contribution in [2.24, 2.45) is 0 Å². The van der Waals surface area contributed by atoms with E-state index in [2.05, 4.69) is 4.98 Å². The molecule has 0 atom stereocenters. The molecule has 0 amide bonds. The van der Waals surface area contributed by atoms with Crippen LogP contribution < -0.4 is 5.63 Å². The highest BCUT2D eigenvalue weighted by Crippen LogP contribution is 2.27. The van der Waals surface area contributed by atoms with E-state index in [9.17, 15) is 9.59 Å². The fraction of sp³-hybridized carbons (Fsp3) is 0.0556. The maximum Gasteiger partial charge on any atom is 0.369 e. The molecule has 0 unspecified atom stereocenters. The summed E-state index contributed by atoms with van der Waals surface area (Å²) in [6.07, 6.45) is 0. The summed E-state index contributed by atoms with van der Waals surface area (Å²) < 4.78 is 6.69. The Balaban J connectivity index is 2.26. The Morgan fingerprint density at radius 3 is 2.48 bits per heavy atom. The molecule has 5 nitrogen and oxygen atoms in total. The van der Waals surface area contributed by atoms with Crippen molar-refractivity contribution in [2.45, 2.75) is 6.92 Å². The summed E-state index contributed by atoms with van der Waals surface area (Å²) in [5.41, 5.74) is 1.38. The molecule has 0 spiro atoms. The zero-order valence-corrected chi connectivity index (χ0v) is 12.3. The Bertz CT molecular complexity index is 1110. The van der Waals surface area contributed by atoms with Gasteiger partial charge in [0.2, 0.25) is 0 Å². The minimum atomic E-state index is -0.646. The van der Waals surface area contributed by atoms with Crippen LogP contribution in [0.5, 0.6) is 0 Å². The van der Waals surface area contributed by atoms with Gasteiger partial charge in [-0.1, -0.05) is 48.5 Å². The molecule has 112 valence electrons. The van der Waals surface area contributed by atoms with Gasteiger partial charge in [0, 0.05) is 10.9 Å². The van der Waals surface area contributed by atoms with Crippen molar-refractivity contribution in [1.29, 1.82) is 0 Å². The molecule has 2 aromatic heterocycles. The zero-order chi connectivity index (χ0) is 16.0. The second kappa shape index (κ2) is 4.91. The van der Waals surface area contributed by atoms with E-state index < -0.39 is 5.63 Å². The molecule has 0 aliphatic heterocycles. The second-order valence-electron chi connectivity index (χ2n) is 5.27. The summed E-state index contributed by atoms with van der Waals surface area (Å²) in [6.45, 7) is 1.36. The molecular formula is C18H12N2O3. The van der Waals surface area contributed by atoms with Crippen molar-refractivity contribution in [1.82, 2.24) is 9.56 Å². The van der Waals surface area contributed by atoms with Gasteiger partial charge in [0.15, 0.2) is 11.6 Å². The van der Waals surface area contributed by atoms with Crippen molar-refractivity contribution < 1.29 is 9.32 Å². The lowest BCUT2D eigenvalue weighted by Gasteiger charge is -2.07. The molecule has 5 heteroatoms. The van der Waals surface area contributed by atoms with E-state index in [1.165, 1.54) is 11.5 Å². The molecule has 0 fully saturated rings. The van der Waals surface area contributed by atoms with E-state index >= 15 is 0 Å². The Morgan fingerprint density at radius 2 is 1.74 bits per heavy atom. The number of hydrogen-bond acceptors (Lipinski definition) is 4. The number of aromatic nitrogens is 2. The van der Waals surface area contributed by atoms with E-state index in [4.69, 9.17) is 4.52 Å². The topological polar surface area (TPSA) is 64.6 Å². The Hall–Kier alpha value is -3.21. The molecule has 2 heterocycles. The van der Waals surface area contributed by atoms with Crippen LogP contribution in [-0.2, 0) is 0 Å². The van der Waals surface area contributed by atoms with Gasteiger partial charge in [-0.3, -0.25) is 4.79 Å². The molecule has 2 aromatic carbocycles. The number of hydrogen-bond donors (Lipinski definition) is 0. The molecule has 0 bridgehead atoms. The summed E-state index contributed by atoms with van der Waals surface area (Å²) in [5.74, 6) is 0.167. The number of fused-ring (bicyclic) bond motifs is 3. The number of carbonyl (C=O) groups excluding carboxylic acids is 1. The highest BCUT2D eigenvalue weighted by Gasteiger charge is 2.21. The molecule has 4 rings (SSSR count). The first-order valence-corrected chi connectivity index (χ1v) is 7.18. The first kappa shape index (κ1) is 13.5. The molecule has 0 aliphatic rings. The molecule has 4 aromatic rings. The fourth-order valence-corrected chi connectivity index (χ4v) is 2.78. The third-order valence-electron chi connectivity index (χ3n) is 3.78. The summed E-state index contributed by atoms with van der Waals surface area (Å²) in [6, 6.07) is 16.8. The number of para-hydroxylation sites is 1. The van der Waals surface area contributed by atoms with Crippen LogP contribution in [0.15, 0.2) is 63.9 Å². The minimum absolute atomic E-state index is 0.0563. The molecule has 0 aliphatic carbocycles. The van der Waals surface area contributed by atoms with Gasteiger partial charge < -0.3 is 4.52 Å². The standard InChI is InChI=1S/C18H12N2O3/c1-11(21)15-16-13-9-5-6-10-14(13)19-17(20(16)23-18(15)22)12-7-3-2-4-8-12/h2-10H,1H3. The number of rotatable bonds is 2. The van der Waals surface area contributed by atoms with Crippen molar-refractivity contribution in [3.63, 3.8) is 0 Å². The van der Waals surface area contributed by atoms with Crippen LogP contribution in [0, 0.1) is 0 Å². The number of nitrogens with zero attached hydrogens (tertiary/aromatic N) is 2. The Labute approximate surface area is 130 Å². The van der Waals surface area contributed by atoms with Crippen molar-refractivity contribution in [3.05, 3.63) is 70.6 Å². The maximum atomic E-state index is 12.2. The van der Waals surface area contributed by atoms with Crippen LogP contribution in [0.4, 0.5) is 0 Å². The van der Waals surface area contributed by atoms with Gasteiger partial charge in [-0.05, 0) is 13.0 Å². The minimum Gasteiger partial charge on any atom is -0.329 e. The first-order valence-electron chi connectivity index (χ1n) is 7.18. The van der Waals surface area contributed by atoms with Gasteiger partial charge in [0.25, 0.3) is 0 Å². The molecule has 0 radical (unpaired) electrons. The summed E-state index contributed by atoms with van der Waals surface area (Å²) in [5, 5.41) is 0.711. The lowest BCUT2D eigenvalue weighted by atomic mass is 10.1. The number of carbonyl (C=O) groups is 1. The fourth-order valence-electron chi connectivity index (χ4n) is 2.78. The SMILES string of the molecule is CC(=O)c1c(=O)on2c(-c3ccccc3)nc3ccccc3c12. The predicted octanol–water partition coefficient (Wildman–Crippen LogP) is 3.31. The summed E-state index contributed by atoms with van der Waals surface area (Å²) in [7, 11) is 0. The van der Waals surface area contributed by atoms with Crippen LogP contribution >= 0.6 is 0 Å². The Morgan fingerprint density at radius 1 is 1.04 bits per heavy atom. The maximum absolute atomic E-state index is 12.2. The number of Topliss-reactive ketones (excluding diaryl/α,β-unsaturated/α-hetero) is 1. The van der Waals surface area contributed by atoms with E-state index in [0.29, 0.717) is 22.2 Å². The van der Waals surface area contributed by atoms with E-state index in [1.807, 2.05) is 54.6 Å². The van der Waals surface area contributed by atoms with Crippen LogP contribution in [0.3, 0.4) is 0 Å². The predicted molar refractivity (Wildman–Crippen MR) is 86.7 cm³/mol. The average molecular weight is 304 g/mol. The lowest BCUT2D eigenvalue weighted by Crippen LogP contribution is -2.06. The van der Waals surface area contributed by atoms with Gasteiger partial charge in [-0.2, -0.15) is 4.57 Å². The van der Waals surface area contributed by atoms with Crippen LogP contribution in [0.25, 0.3) is 27.8 Å². The smallest absolute Gasteiger partial charge is 0.329 e. The van der Waals surface area contributed by atoms with Gasteiger partial charge >= 0.3 is 5.63 Å². The highest BCUT2D eigenvalue weighted by molar-refractivity contribution is 6.08. The van der Waals surface area contributed by atoms with Crippen LogP contribution in [0.1, 0.15) is 17.3 Å². The number of ketones is 1. The van der Waals surface area contributed by atoms with E-state index in [1.54, 1.807) is 0 Å². The molecule has 0 saturated heterocycles. The second-order valence-corrected chi connectivity index (χ2v) is 5.27. The van der Waals surface area contributed by atoms with E-state index in [-0.39, 0.29) is 11.3 Å². The van der Waals surface area contributed by atoms with Gasteiger partial charge in [-0.15, -0.1) is 0 Å². The normalized spacial score (nSPS) is 11.2. The van der Waals surface area contributed by atoms with Crippen molar-refractivity contribution in [2.75, 3.05) is 0 Å². The highest BCUT2D eigenvalue weighted by atomic mass is 16.5. The van der Waals surface area contributed by atoms with Crippen LogP contribution in [-0.4, -0.2) is 15.3 Å². The first-order chi connectivity index (χ1) is 11.2. The van der Waals surface area contributed by atoms with Gasteiger partial charge in [-0.25, -0.2) is 9.78 Å². The summed E-state index contributed by atoms with van der Waals surface area (Å²) >= 11 is 0. The van der Waals surface area contributed by atoms with Crippen molar-refractivity contribution in [3.8, 4) is 11.4 Å². The molecular weight excluding hydrogens is 292 g/mol. The zero-order valence-electron chi connectivity index (χ0n) is 12.3. The monoisotopic (exact) mass is 304 g/mol. The molecule has 0 saturated carbocycles. The average Bonchev–Trinajstić information content (AvgIpc) is 2.92. The molecule has 23 heavy (non-hydrogen) atoms. The quantitative estimate of drug-likeness (QED) is 0.533. The van der Waals surface area contributed by atoms with E-state index in [0.717, 1.165) is 5.56 Å². The number of benzene rings is 2. The van der Waals surface area contributed by atoms with Gasteiger partial charge in [0.05, 0.1) is 5.52 Å². The third-order valence-corrected chi connectivity index (χ3v) is 3.78. The van der Waals surface area contributed by atoms with Gasteiger partial charge in [0.1, 0.15) is 11.1 Å². The van der Waals surface area contributed by atoms with Crippen molar-refractivity contribution >= 4 is 22.2 Å². The largest absolute Gasteiger partial charge is 0.369 e.